The van der Waals surface area contributed by atoms with Gasteiger partial charge in [0.1, 0.15) is 0 Å². The van der Waals surface area contributed by atoms with Crippen LogP contribution in [0.1, 0.15) is 96.8 Å². The van der Waals surface area contributed by atoms with E-state index in [-0.39, 0.29) is 24.8 Å². The fourth-order valence-corrected chi connectivity index (χ4v) is 3.16. The van der Waals surface area contributed by atoms with E-state index in [2.05, 4.69) is 6.92 Å². The Bertz CT molecular complexity index is 335. The number of carbonyl (C=O) groups is 2. The number of hydrogen-bond donors (Lipinski definition) is 0. The summed E-state index contributed by atoms with van der Waals surface area (Å²) in [5, 5.41) is 0. The largest absolute Gasteiger partial charge is 0.466 e. The van der Waals surface area contributed by atoms with Gasteiger partial charge in [0.2, 0.25) is 0 Å². The van der Waals surface area contributed by atoms with Crippen molar-refractivity contribution in [1.82, 2.24) is 0 Å². The van der Waals surface area contributed by atoms with Gasteiger partial charge in [-0.15, -0.1) is 0 Å². The molecule has 1 fully saturated rings. The van der Waals surface area contributed by atoms with Crippen LogP contribution >= 0.6 is 0 Å². The van der Waals surface area contributed by atoms with Gasteiger partial charge in [-0.1, -0.05) is 64.7 Å². The predicted octanol–water partition coefficient (Wildman–Crippen LogP) is 5.18. The van der Waals surface area contributed by atoms with Gasteiger partial charge in [0.25, 0.3) is 0 Å². The molecule has 4 heteroatoms. The number of hydrogen-bond acceptors (Lipinski definition) is 4. The highest BCUT2D eigenvalue weighted by atomic mass is 16.5. The molecule has 1 rings (SSSR count). The Hall–Kier alpha value is -1.06. The Labute approximate surface area is 147 Å². The summed E-state index contributed by atoms with van der Waals surface area (Å²) >= 11 is 0. The third kappa shape index (κ3) is 11.5. The Balaban J connectivity index is 1.90. The lowest BCUT2D eigenvalue weighted by atomic mass is 9.90. The zero-order valence-electron chi connectivity index (χ0n) is 15.5. The molecule has 0 unspecified atom stereocenters. The first-order chi connectivity index (χ1) is 11.7. The predicted molar refractivity (Wildman–Crippen MR) is 95.7 cm³/mol. The highest BCUT2D eigenvalue weighted by Gasteiger charge is 2.16. The topological polar surface area (TPSA) is 52.6 Å². The van der Waals surface area contributed by atoms with Gasteiger partial charge in [-0.05, 0) is 25.2 Å². The van der Waals surface area contributed by atoms with Gasteiger partial charge in [-0.3, -0.25) is 9.59 Å². The number of ether oxygens (including phenoxy) is 2. The second kappa shape index (κ2) is 14.3. The number of esters is 2. The molecule has 0 aromatic rings. The summed E-state index contributed by atoms with van der Waals surface area (Å²) in [4.78, 5) is 23.3. The molecule has 0 N–H and O–H groups in total. The zero-order chi connectivity index (χ0) is 17.5. The van der Waals surface area contributed by atoms with Gasteiger partial charge in [0, 0.05) is 0 Å². The van der Waals surface area contributed by atoms with E-state index >= 15 is 0 Å². The van der Waals surface area contributed by atoms with Crippen LogP contribution in [0.2, 0.25) is 0 Å². The lowest BCUT2D eigenvalue weighted by Gasteiger charge is -2.20. The Morgan fingerprint density at radius 3 is 2.04 bits per heavy atom. The Morgan fingerprint density at radius 2 is 1.38 bits per heavy atom. The summed E-state index contributed by atoms with van der Waals surface area (Å²) in [6.45, 7) is 3.21. The second-order valence-electron chi connectivity index (χ2n) is 7.03. The monoisotopic (exact) mass is 340 g/mol. The lowest BCUT2D eigenvalue weighted by molar-refractivity contribution is -0.151. The van der Waals surface area contributed by atoms with Crippen molar-refractivity contribution in [2.75, 3.05) is 13.2 Å². The molecule has 0 atom stereocenters. The highest BCUT2D eigenvalue weighted by molar-refractivity contribution is 5.77. The third-order valence-corrected chi connectivity index (χ3v) is 4.75. The van der Waals surface area contributed by atoms with Crippen LogP contribution < -0.4 is 0 Å². The molecule has 0 amide bonds. The first-order valence-electron chi connectivity index (χ1n) is 10.0. The van der Waals surface area contributed by atoms with Crippen molar-refractivity contribution in [3.05, 3.63) is 0 Å². The summed E-state index contributed by atoms with van der Waals surface area (Å²) in [5.41, 5.74) is 0. The molecule has 0 radical (unpaired) electrons. The van der Waals surface area contributed by atoms with Crippen LogP contribution in [0.15, 0.2) is 0 Å². The van der Waals surface area contributed by atoms with E-state index in [0.717, 1.165) is 25.7 Å². The molecular weight excluding hydrogens is 304 g/mol. The average Bonchev–Trinajstić information content (AvgIpc) is 2.61. The number of unbranched alkanes of at least 4 members (excludes halogenated alkanes) is 6. The molecule has 1 saturated carbocycles. The summed E-state index contributed by atoms with van der Waals surface area (Å²) in [6.07, 6.45) is 14.8. The third-order valence-electron chi connectivity index (χ3n) is 4.75. The minimum Gasteiger partial charge on any atom is -0.466 e. The van der Waals surface area contributed by atoms with Crippen molar-refractivity contribution in [2.45, 2.75) is 96.8 Å². The summed E-state index contributed by atoms with van der Waals surface area (Å²) in [5.74, 6) is -0.0315. The Kier molecular flexibility index (Phi) is 12.5. The molecule has 1 aliphatic carbocycles. The number of rotatable bonds is 13. The van der Waals surface area contributed by atoms with E-state index in [1.165, 1.54) is 51.4 Å². The average molecular weight is 341 g/mol. The molecular formula is C20H36O4. The van der Waals surface area contributed by atoms with Crippen LogP contribution in [-0.4, -0.2) is 25.2 Å². The first-order valence-corrected chi connectivity index (χ1v) is 10.0. The van der Waals surface area contributed by atoms with E-state index in [0.29, 0.717) is 19.1 Å². The molecule has 4 nitrogen and oxygen atoms in total. The van der Waals surface area contributed by atoms with Gasteiger partial charge in [0.15, 0.2) is 0 Å². The van der Waals surface area contributed by atoms with Crippen LogP contribution in [0.3, 0.4) is 0 Å². The van der Waals surface area contributed by atoms with E-state index in [1.807, 2.05) is 0 Å². The molecule has 0 aromatic heterocycles. The van der Waals surface area contributed by atoms with Crippen LogP contribution in [0.4, 0.5) is 0 Å². The van der Waals surface area contributed by atoms with Gasteiger partial charge >= 0.3 is 11.9 Å². The van der Waals surface area contributed by atoms with Crippen LogP contribution in [0.25, 0.3) is 0 Å². The van der Waals surface area contributed by atoms with Gasteiger partial charge in [-0.25, -0.2) is 0 Å². The van der Waals surface area contributed by atoms with Crippen LogP contribution in [0.5, 0.6) is 0 Å². The van der Waals surface area contributed by atoms with Gasteiger partial charge in [0.05, 0.1) is 26.1 Å². The minimum absolute atomic E-state index is 0.139. The van der Waals surface area contributed by atoms with E-state index < -0.39 is 0 Å². The standard InChI is InChI=1S/C20H36O4/c1-2-3-4-5-6-7-11-16-23-19(21)14-15-20(22)24-17-18-12-9-8-10-13-18/h18H,2-17H2,1H3. The van der Waals surface area contributed by atoms with E-state index in [9.17, 15) is 9.59 Å². The minimum atomic E-state index is -0.282. The molecule has 0 heterocycles. The van der Waals surface area contributed by atoms with Gasteiger partial charge in [-0.2, -0.15) is 0 Å². The van der Waals surface area contributed by atoms with Crippen molar-refractivity contribution in [1.29, 1.82) is 0 Å². The van der Waals surface area contributed by atoms with Crippen LogP contribution in [-0.2, 0) is 19.1 Å². The van der Waals surface area contributed by atoms with Crippen molar-refractivity contribution in [3.63, 3.8) is 0 Å². The fourth-order valence-electron chi connectivity index (χ4n) is 3.16. The second-order valence-corrected chi connectivity index (χ2v) is 7.03. The molecule has 0 saturated heterocycles. The molecule has 140 valence electrons. The van der Waals surface area contributed by atoms with Crippen molar-refractivity contribution < 1.29 is 19.1 Å². The number of carbonyl (C=O) groups excluding carboxylic acids is 2. The van der Waals surface area contributed by atoms with Crippen molar-refractivity contribution in [2.24, 2.45) is 5.92 Å². The molecule has 0 aromatic carbocycles. The van der Waals surface area contributed by atoms with E-state index in [1.54, 1.807) is 0 Å². The summed E-state index contributed by atoms with van der Waals surface area (Å²) in [7, 11) is 0. The molecule has 1 aliphatic rings. The fraction of sp³-hybridized carbons (Fsp3) is 0.900. The normalized spacial score (nSPS) is 15.2. The molecule has 24 heavy (non-hydrogen) atoms. The Morgan fingerprint density at radius 1 is 0.792 bits per heavy atom. The smallest absolute Gasteiger partial charge is 0.306 e. The summed E-state index contributed by atoms with van der Waals surface area (Å²) < 4.78 is 10.4. The zero-order valence-corrected chi connectivity index (χ0v) is 15.5. The highest BCUT2D eigenvalue weighted by Crippen LogP contribution is 2.23. The molecule has 0 bridgehead atoms. The SMILES string of the molecule is CCCCCCCCCOC(=O)CCC(=O)OCC1CCCCC1. The van der Waals surface area contributed by atoms with Crippen molar-refractivity contribution >= 4 is 11.9 Å². The molecule has 0 aliphatic heterocycles. The van der Waals surface area contributed by atoms with Crippen LogP contribution in [0, 0.1) is 5.92 Å². The maximum Gasteiger partial charge on any atom is 0.306 e. The lowest BCUT2D eigenvalue weighted by Crippen LogP contribution is -2.17. The van der Waals surface area contributed by atoms with E-state index in [4.69, 9.17) is 9.47 Å². The first kappa shape index (κ1) is 21.0. The maximum absolute atomic E-state index is 11.7. The quantitative estimate of drug-likeness (QED) is 0.342. The van der Waals surface area contributed by atoms with Gasteiger partial charge < -0.3 is 9.47 Å². The van der Waals surface area contributed by atoms with Crippen molar-refractivity contribution in [3.8, 4) is 0 Å². The maximum atomic E-state index is 11.7. The molecule has 0 spiro atoms. The summed E-state index contributed by atoms with van der Waals surface area (Å²) in [6, 6.07) is 0.